The molecule has 4 heteroatoms. The molecule has 0 spiro atoms. The van der Waals surface area contributed by atoms with Crippen LogP contribution in [0.15, 0.2) is 0 Å². The fourth-order valence-corrected chi connectivity index (χ4v) is 2.62. The molecule has 0 radical (unpaired) electrons. The molecule has 0 rings (SSSR count). The number of carboxylic acids is 1. The molecule has 0 aliphatic carbocycles. The Hall–Kier alpha value is -1.06. The Morgan fingerprint density at radius 3 is 1.31 bits per heavy atom. The SMILES string of the molecule is COC(=O)C(C(=O)O)(C(C)(C)C)C(C)(C)C. The molecule has 0 fully saturated rings. The maximum atomic E-state index is 12.0. The number of carbonyl (C=O) groups is 2. The Bertz CT molecular complexity index is 277. The van der Waals surface area contributed by atoms with Gasteiger partial charge in [-0.25, -0.2) is 0 Å². The molecular formula is C12H22O4. The Labute approximate surface area is 97.0 Å². The van der Waals surface area contributed by atoms with Crippen LogP contribution >= 0.6 is 0 Å². The first-order chi connectivity index (χ1) is 6.92. The zero-order valence-electron chi connectivity index (χ0n) is 11.2. The average molecular weight is 230 g/mol. The fraction of sp³-hybridized carbons (Fsp3) is 0.833. The lowest BCUT2D eigenvalue weighted by Crippen LogP contribution is -2.58. The van der Waals surface area contributed by atoms with E-state index < -0.39 is 28.2 Å². The summed E-state index contributed by atoms with van der Waals surface area (Å²) in [5.41, 5.74) is -3.02. The smallest absolute Gasteiger partial charge is 0.324 e. The number of hydrogen-bond acceptors (Lipinski definition) is 3. The van der Waals surface area contributed by atoms with Gasteiger partial charge in [-0.1, -0.05) is 41.5 Å². The van der Waals surface area contributed by atoms with Crippen LogP contribution in [0.4, 0.5) is 0 Å². The van der Waals surface area contributed by atoms with Crippen molar-refractivity contribution in [3.63, 3.8) is 0 Å². The third kappa shape index (κ3) is 1.93. The highest BCUT2D eigenvalue weighted by atomic mass is 16.5. The van der Waals surface area contributed by atoms with Crippen molar-refractivity contribution in [1.82, 2.24) is 0 Å². The van der Waals surface area contributed by atoms with Gasteiger partial charge in [-0.05, 0) is 10.8 Å². The summed E-state index contributed by atoms with van der Waals surface area (Å²) in [6.45, 7) is 10.4. The molecule has 0 amide bonds. The lowest BCUT2D eigenvalue weighted by molar-refractivity contribution is -0.188. The number of rotatable bonds is 2. The van der Waals surface area contributed by atoms with Gasteiger partial charge in [0, 0.05) is 0 Å². The Balaban J connectivity index is 6.03. The number of aliphatic carboxylic acids is 1. The minimum atomic E-state index is -1.56. The van der Waals surface area contributed by atoms with E-state index in [2.05, 4.69) is 0 Å². The Kier molecular flexibility index (Phi) is 3.80. The van der Waals surface area contributed by atoms with Crippen molar-refractivity contribution in [3.05, 3.63) is 0 Å². The molecule has 0 aromatic heterocycles. The maximum Gasteiger partial charge on any atom is 0.324 e. The van der Waals surface area contributed by atoms with Crippen LogP contribution < -0.4 is 0 Å². The van der Waals surface area contributed by atoms with Crippen molar-refractivity contribution in [3.8, 4) is 0 Å². The molecule has 0 saturated carbocycles. The van der Waals surface area contributed by atoms with Gasteiger partial charge in [0.2, 0.25) is 0 Å². The number of carboxylic acid groups (broad SMARTS) is 1. The molecule has 0 heterocycles. The highest BCUT2D eigenvalue weighted by Crippen LogP contribution is 2.52. The van der Waals surface area contributed by atoms with E-state index in [1.54, 1.807) is 41.5 Å². The minimum Gasteiger partial charge on any atom is -0.480 e. The topological polar surface area (TPSA) is 63.6 Å². The van der Waals surface area contributed by atoms with Crippen molar-refractivity contribution >= 4 is 11.9 Å². The van der Waals surface area contributed by atoms with Crippen LogP contribution in [-0.4, -0.2) is 24.2 Å². The second-order valence-electron chi connectivity index (χ2n) is 6.05. The van der Waals surface area contributed by atoms with Gasteiger partial charge in [-0.2, -0.15) is 0 Å². The van der Waals surface area contributed by atoms with Gasteiger partial charge in [0.25, 0.3) is 0 Å². The largest absolute Gasteiger partial charge is 0.480 e. The predicted octanol–water partition coefficient (Wildman–Crippen LogP) is 2.32. The molecular weight excluding hydrogens is 208 g/mol. The van der Waals surface area contributed by atoms with Gasteiger partial charge in [0.1, 0.15) is 0 Å². The molecule has 0 aliphatic heterocycles. The molecule has 0 unspecified atom stereocenters. The van der Waals surface area contributed by atoms with Gasteiger partial charge in [-0.15, -0.1) is 0 Å². The Morgan fingerprint density at radius 1 is 0.938 bits per heavy atom. The maximum absolute atomic E-state index is 12.0. The zero-order chi connectivity index (χ0) is 13.4. The lowest BCUT2D eigenvalue weighted by atomic mass is 9.54. The first kappa shape index (κ1) is 14.9. The standard InChI is InChI=1S/C12H22O4/c1-10(2,3)12(8(13)14,9(15)16-7)11(4,5)6/h1-7H3,(H,13,14). The third-order valence-corrected chi connectivity index (χ3v) is 3.06. The summed E-state index contributed by atoms with van der Waals surface area (Å²) in [5.74, 6) is -1.83. The monoisotopic (exact) mass is 230 g/mol. The molecule has 94 valence electrons. The van der Waals surface area contributed by atoms with Crippen LogP contribution in [0.3, 0.4) is 0 Å². The van der Waals surface area contributed by atoms with Gasteiger partial charge in [-0.3, -0.25) is 9.59 Å². The van der Waals surface area contributed by atoms with Crippen LogP contribution in [0, 0.1) is 16.2 Å². The van der Waals surface area contributed by atoms with E-state index in [4.69, 9.17) is 4.74 Å². The van der Waals surface area contributed by atoms with E-state index in [-0.39, 0.29) is 0 Å². The number of esters is 1. The molecule has 0 aliphatic rings. The number of hydrogen-bond donors (Lipinski definition) is 1. The van der Waals surface area contributed by atoms with Gasteiger partial charge in [0.15, 0.2) is 5.41 Å². The van der Waals surface area contributed by atoms with E-state index in [9.17, 15) is 14.7 Å². The normalized spacial score (nSPS) is 13.4. The van der Waals surface area contributed by atoms with Crippen molar-refractivity contribution in [2.24, 2.45) is 16.2 Å². The fourth-order valence-electron chi connectivity index (χ4n) is 2.62. The highest BCUT2D eigenvalue weighted by Gasteiger charge is 2.63. The number of ether oxygens (including phenoxy) is 1. The van der Waals surface area contributed by atoms with Crippen molar-refractivity contribution in [2.45, 2.75) is 41.5 Å². The zero-order valence-corrected chi connectivity index (χ0v) is 11.2. The molecule has 1 N–H and O–H groups in total. The predicted molar refractivity (Wildman–Crippen MR) is 61.0 cm³/mol. The molecule has 4 nitrogen and oxygen atoms in total. The lowest BCUT2D eigenvalue weighted by Gasteiger charge is -2.47. The molecule has 0 aromatic carbocycles. The van der Waals surface area contributed by atoms with Crippen molar-refractivity contribution < 1.29 is 19.4 Å². The van der Waals surface area contributed by atoms with Gasteiger partial charge < -0.3 is 9.84 Å². The number of methoxy groups -OCH3 is 1. The van der Waals surface area contributed by atoms with E-state index in [0.717, 1.165) is 0 Å². The molecule has 16 heavy (non-hydrogen) atoms. The summed E-state index contributed by atoms with van der Waals surface area (Å²) in [6.07, 6.45) is 0. The van der Waals surface area contributed by atoms with Crippen LogP contribution in [0.2, 0.25) is 0 Å². The second-order valence-corrected chi connectivity index (χ2v) is 6.05. The van der Waals surface area contributed by atoms with E-state index in [1.165, 1.54) is 7.11 Å². The van der Waals surface area contributed by atoms with E-state index in [1.807, 2.05) is 0 Å². The summed E-state index contributed by atoms with van der Waals surface area (Å²) < 4.78 is 4.71. The van der Waals surface area contributed by atoms with Crippen LogP contribution in [-0.2, 0) is 14.3 Å². The van der Waals surface area contributed by atoms with Crippen molar-refractivity contribution in [1.29, 1.82) is 0 Å². The van der Waals surface area contributed by atoms with E-state index in [0.29, 0.717) is 0 Å². The van der Waals surface area contributed by atoms with E-state index >= 15 is 0 Å². The van der Waals surface area contributed by atoms with Gasteiger partial charge >= 0.3 is 11.9 Å². The molecule has 0 atom stereocenters. The summed E-state index contributed by atoms with van der Waals surface area (Å²) in [5, 5.41) is 9.50. The summed E-state index contributed by atoms with van der Waals surface area (Å²) in [6, 6.07) is 0. The highest BCUT2D eigenvalue weighted by molar-refractivity contribution is 6.01. The van der Waals surface area contributed by atoms with Crippen LogP contribution in [0.1, 0.15) is 41.5 Å². The van der Waals surface area contributed by atoms with Crippen LogP contribution in [0.25, 0.3) is 0 Å². The Morgan fingerprint density at radius 2 is 1.25 bits per heavy atom. The third-order valence-electron chi connectivity index (χ3n) is 3.06. The summed E-state index contributed by atoms with van der Waals surface area (Å²) >= 11 is 0. The number of carbonyl (C=O) groups excluding carboxylic acids is 1. The minimum absolute atomic E-state index is 0.694. The van der Waals surface area contributed by atoms with Gasteiger partial charge in [0.05, 0.1) is 7.11 Å². The molecule has 0 bridgehead atoms. The summed E-state index contributed by atoms with van der Waals surface area (Å²) in [7, 11) is 1.22. The average Bonchev–Trinajstić information content (AvgIpc) is 1.98. The first-order valence-electron chi connectivity index (χ1n) is 5.24. The second kappa shape index (κ2) is 4.07. The summed E-state index contributed by atoms with van der Waals surface area (Å²) in [4.78, 5) is 23.6. The quantitative estimate of drug-likeness (QED) is 0.584. The van der Waals surface area contributed by atoms with Crippen LogP contribution in [0.5, 0.6) is 0 Å². The first-order valence-corrected chi connectivity index (χ1v) is 5.24. The molecule has 0 aromatic rings. The van der Waals surface area contributed by atoms with Crippen molar-refractivity contribution in [2.75, 3.05) is 7.11 Å². The molecule has 0 saturated heterocycles.